The zero-order valence-electron chi connectivity index (χ0n) is 25.3. The lowest BCUT2D eigenvalue weighted by molar-refractivity contribution is -0.231. The maximum Gasteiger partial charge on any atom is 0.341 e. The van der Waals surface area contributed by atoms with Crippen LogP contribution in [-0.4, -0.2) is 104 Å². The molecule has 6 N–H and O–H groups in total. The molecule has 17 heteroatoms. The molecular formula is C32H32Cl2O14S. The molecule has 2 aliphatic heterocycles. The maximum atomic E-state index is 12.6. The quantitative estimate of drug-likeness (QED) is 0.126. The van der Waals surface area contributed by atoms with Crippen molar-refractivity contribution in [3.63, 3.8) is 0 Å². The number of ether oxygens (including phenoxy) is 4. The summed E-state index contributed by atoms with van der Waals surface area (Å²) in [6.07, 6.45) is -11.7. The monoisotopic (exact) mass is 742 g/mol. The highest BCUT2D eigenvalue weighted by molar-refractivity contribution is 8.00. The molecule has 2 aromatic heterocycles. The number of aliphatic hydroxyl groups is 6. The smallest absolute Gasteiger partial charge is 0.341 e. The fourth-order valence-electron chi connectivity index (χ4n) is 5.72. The average Bonchev–Trinajstić information content (AvgIpc) is 3.07. The topological polar surface area (TPSA) is 219 Å². The highest BCUT2D eigenvalue weighted by Gasteiger charge is 2.51. The van der Waals surface area contributed by atoms with Crippen molar-refractivity contribution in [1.29, 1.82) is 0 Å². The van der Waals surface area contributed by atoms with Gasteiger partial charge >= 0.3 is 11.3 Å². The Morgan fingerprint density at radius 2 is 1.06 bits per heavy atom. The highest BCUT2D eigenvalue weighted by atomic mass is 35.5. The van der Waals surface area contributed by atoms with E-state index < -0.39 is 97.4 Å². The van der Waals surface area contributed by atoms with Crippen molar-refractivity contribution in [3.05, 3.63) is 90.5 Å². The number of thioether (sulfide) groups is 1. The average molecular weight is 744 g/mol. The molecule has 0 spiro atoms. The van der Waals surface area contributed by atoms with E-state index in [1.54, 1.807) is 36.4 Å². The minimum absolute atomic E-state index is 0.0461. The Kier molecular flexibility index (Phi) is 11.3. The number of rotatable bonds is 10. The summed E-state index contributed by atoms with van der Waals surface area (Å²) in [6.45, 7) is -2.20. The Morgan fingerprint density at radius 1 is 0.653 bits per heavy atom. The van der Waals surface area contributed by atoms with Crippen LogP contribution in [0.5, 0.6) is 0 Å². The zero-order valence-corrected chi connectivity index (χ0v) is 27.7. The van der Waals surface area contributed by atoms with Crippen molar-refractivity contribution < 1.29 is 58.4 Å². The number of fused-ring (bicyclic) bond motifs is 2. The van der Waals surface area contributed by atoms with Gasteiger partial charge in [-0.25, -0.2) is 9.59 Å². The van der Waals surface area contributed by atoms with Crippen LogP contribution in [0.1, 0.15) is 11.1 Å². The summed E-state index contributed by atoms with van der Waals surface area (Å²) in [5, 5.41) is 65.7. The fourth-order valence-corrected chi connectivity index (χ4v) is 7.47. The van der Waals surface area contributed by atoms with Gasteiger partial charge in [0, 0.05) is 10.8 Å². The van der Waals surface area contributed by atoms with E-state index in [-0.39, 0.29) is 22.3 Å². The van der Waals surface area contributed by atoms with Crippen molar-refractivity contribution in [2.24, 2.45) is 0 Å². The Labute approximate surface area is 291 Å². The third-order valence-corrected chi connectivity index (χ3v) is 10.3. The molecule has 4 unspecified atom stereocenters. The molecule has 10 atom stereocenters. The number of halogens is 2. The molecule has 0 bridgehead atoms. The molecule has 2 fully saturated rings. The first kappa shape index (κ1) is 36.2. The van der Waals surface area contributed by atoms with E-state index in [4.69, 9.17) is 51.0 Å². The molecule has 4 aromatic rings. The molecule has 0 amide bonds. The van der Waals surface area contributed by atoms with Gasteiger partial charge in [-0.15, -0.1) is 0 Å². The van der Waals surface area contributed by atoms with Crippen molar-refractivity contribution in [2.75, 3.05) is 13.2 Å². The molecule has 6 rings (SSSR count). The number of benzene rings is 2. The molecule has 14 nitrogen and oxygen atoms in total. The Balaban J connectivity index is 1.18. The van der Waals surface area contributed by atoms with Gasteiger partial charge in [0.1, 0.15) is 70.9 Å². The van der Waals surface area contributed by atoms with Gasteiger partial charge < -0.3 is 58.4 Å². The zero-order chi connectivity index (χ0) is 35.0. The summed E-state index contributed by atoms with van der Waals surface area (Å²) in [5.74, 6) is 0. The van der Waals surface area contributed by atoms with E-state index in [1.807, 2.05) is 0 Å². The number of hydrogen-bond donors (Lipinski definition) is 6. The SMILES string of the molecule is O=c1oc2cccc(Cl)c2cc1COC1[C@@H](O)C(CO)O[C@@H](S[C@@H]2OC(CO)[C@H](O)C(OCc3cc4c(Cl)cccc4oc3=O)[C@@H]2O)[C@@H]1O. The van der Waals surface area contributed by atoms with E-state index in [1.165, 1.54) is 12.1 Å². The highest BCUT2D eigenvalue weighted by Crippen LogP contribution is 2.38. The molecule has 2 aliphatic rings. The molecule has 0 radical (unpaired) electrons. The Morgan fingerprint density at radius 3 is 1.45 bits per heavy atom. The van der Waals surface area contributed by atoms with Crippen LogP contribution < -0.4 is 11.3 Å². The lowest BCUT2D eigenvalue weighted by atomic mass is 9.99. The van der Waals surface area contributed by atoms with Gasteiger partial charge in [0.25, 0.3) is 0 Å². The standard InChI is InChI=1S/C32H32Cl2O14S/c33-17-3-1-5-19-15(17)7-13(29(41)45-19)11-43-27-23(37)21(9-35)47-31(25(27)39)49-32-26(40)28(24(38)22(10-36)48-32)44-12-14-8-16-18(34)4-2-6-20(16)46-30(14)42/h1-8,21-28,31-32,35-40H,9-12H2/t21?,22?,23-,24-,25-,26+,27?,28?,31-,32-/m0/s1. The Hall–Kier alpha value is -2.61. The summed E-state index contributed by atoms with van der Waals surface area (Å²) >= 11 is 13.2. The summed E-state index contributed by atoms with van der Waals surface area (Å²) in [5.41, 5.74) is -3.45. The van der Waals surface area contributed by atoms with Gasteiger partial charge in [0.05, 0.1) is 47.6 Å². The first-order valence-corrected chi connectivity index (χ1v) is 16.8. The second kappa shape index (κ2) is 15.3. The largest absolute Gasteiger partial charge is 0.422 e. The van der Waals surface area contributed by atoms with E-state index in [2.05, 4.69) is 0 Å². The van der Waals surface area contributed by atoms with Gasteiger partial charge in [-0.3, -0.25) is 0 Å². The second-order valence-electron chi connectivity index (χ2n) is 11.5. The molecule has 2 aromatic carbocycles. The molecule has 0 saturated carbocycles. The van der Waals surface area contributed by atoms with Gasteiger partial charge in [-0.1, -0.05) is 47.1 Å². The minimum Gasteiger partial charge on any atom is -0.422 e. The molecule has 2 saturated heterocycles. The predicted molar refractivity (Wildman–Crippen MR) is 175 cm³/mol. The van der Waals surface area contributed by atoms with Gasteiger partial charge in [-0.2, -0.15) is 0 Å². The van der Waals surface area contributed by atoms with Crippen LogP contribution >= 0.6 is 35.0 Å². The van der Waals surface area contributed by atoms with Crippen LogP contribution in [-0.2, 0) is 32.2 Å². The van der Waals surface area contributed by atoms with Gasteiger partial charge in [0.2, 0.25) is 0 Å². The van der Waals surface area contributed by atoms with Crippen LogP contribution in [0.25, 0.3) is 21.9 Å². The predicted octanol–water partition coefficient (Wildman–Crippen LogP) is 1.29. The molecule has 0 aliphatic carbocycles. The summed E-state index contributed by atoms with van der Waals surface area (Å²) in [7, 11) is 0. The Bertz CT molecular complexity index is 1770. The summed E-state index contributed by atoms with van der Waals surface area (Å²) in [6, 6.07) is 12.6. The minimum atomic E-state index is -1.61. The third kappa shape index (κ3) is 7.41. The third-order valence-electron chi connectivity index (χ3n) is 8.37. The lowest BCUT2D eigenvalue weighted by Crippen LogP contribution is -2.61. The normalized spacial score (nSPS) is 30.6. The van der Waals surface area contributed by atoms with Crippen molar-refractivity contribution in [3.8, 4) is 0 Å². The second-order valence-corrected chi connectivity index (χ2v) is 13.5. The maximum absolute atomic E-state index is 12.6. The van der Waals surface area contributed by atoms with Crippen molar-refractivity contribution >= 4 is 56.9 Å². The molecular weight excluding hydrogens is 711 g/mol. The van der Waals surface area contributed by atoms with Crippen LogP contribution in [0.15, 0.2) is 67.0 Å². The van der Waals surface area contributed by atoms with Crippen LogP contribution in [0.3, 0.4) is 0 Å². The van der Waals surface area contributed by atoms with Crippen LogP contribution in [0, 0.1) is 0 Å². The van der Waals surface area contributed by atoms with Crippen LogP contribution in [0.4, 0.5) is 0 Å². The van der Waals surface area contributed by atoms with Crippen molar-refractivity contribution in [1.82, 2.24) is 0 Å². The van der Waals surface area contributed by atoms with Crippen molar-refractivity contribution in [2.45, 2.75) is 72.9 Å². The van der Waals surface area contributed by atoms with E-state index in [0.29, 0.717) is 20.8 Å². The first-order chi connectivity index (χ1) is 23.5. The summed E-state index contributed by atoms with van der Waals surface area (Å²) < 4.78 is 33.7. The van der Waals surface area contributed by atoms with E-state index in [0.717, 1.165) is 11.8 Å². The van der Waals surface area contributed by atoms with Crippen LogP contribution in [0.2, 0.25) is 10.0 Å². The van der Waals surface area contributed by atoms with E-state index in [9.17, 15) is 40.2 Å². The molecule has 4 heterocycles. The molecule has 264 valence electrons. The number of hydrogen-bond acceptors (Lipinski definition) is 15. The molecule has 49 heavy (non-hydrogen) atoms. The fraction of sp³-hybridized carbons (Fsp3) is 0.438. The summed E-state index contributed by atoms with van der Waals surface area (Å²) in [4.78, 5) is 25.2. The lowest BCUT2D eigenvalue weighted by Gasteiger charge is -2.46. The number of aliphatic hydroxyl groups excluding tert-OH is 6. The van der Waals surface area contributed by atoms with Gasteiger partial charge in [-0.05, 0) is 36.4 Å². The van der Waals surface area contributed by atoms with E-state index >= 15 is 0 Å². The van der Waals surface area contributed by atoms with Gasteiger partial charge in [0.15, 0.2) is 0 Å². The first-order valence-electron chi connectivity index (χ1n) is 15.1.